The predicted molar refractivity (Wildman–Crippen MR) is 67.2 cm³/mol. The van der Waals surface area contributed by atoms with Crippen LogP contribution in [-0.4, -0.2) is 25.2 Å². The molecule has 0 aromatic rings. The summed E-state index contributed by atoms with van der Waals surface area (Å²) in [5.41, 5.74) is 0. The predicted octanol–water partition coefficient (Wildman–Crippen LogP) is 4.12. The maximum atomic E-state index is 4.99. The fourth-order valence-electron chi connectivity index (χ4n) is 1.41. The summed E-state index contributed by atoms with van der Waals surface area (Å²) in [6.45, 7) is 3.17. The Kier molecular flexibility index (Phi) is 13.6. The number of unbranched alkanes of at least 4 members (excludes halogenated alkanes) is 6. The summed E-state index contributed by atoms with van der Waals surface area (Å²) < 4.78 is 4.99. The smallest absolute Gasteiger partial charge is 0.0552 e. The van der Waals surface area contributed by atoms with Gasteiger partial charge in [0.25, 0.3) is 0 Å². The molecule has 1 nitrogen and oxygen atoms in total. The van der Waals surface area contributed by atoms with Gasteiger partial charge in [-0.15, -0.1) is 0 Å². The summed E-state index contributed by atoms with van der Waals surface area (Å²) in [5, 5.41) is 0. The third kappa shape index (κ3) is 12.3. The van der Waals surface area contributed by atoms with Gasteiger partial charge in [0.05, 0.1) is 6.61 Å². The molecule has 0 N–H and O–H groups in total. The first kappa shape index (κ1) is 14.3. The molecule has 2 heteroatoms. The lowest BCUT2D eigenvalue weighted by molar-refractivity contribution is 0.218. The van der Waals surface area contributed by atoms with E-state index in [-0.39, 0.29) is 0 Å². The van der Waals surface area contributed by atoms with Crippen molar-refractivity contribution < 1.29 is 4.74 Å². The van der Waals surface area contributed by atoms with Gasteiger partial charge in [0, 0.05) is 12.9 Å². The summed E-state index contributed by atoms with van der Waals surface area (Å²) in [4.78, 5) is 0. The van der Waals surface area contributed by atoms with Crippen LogP contribution in [0.1, 0.15) is 51.9 Å². The van der Waals surface area contributed by atoms with E-state index in [0.29, 0.717) is 0 Å². The van der Waals surface area contributed by atoms with Crippen molar-refractivity contribution in [3.63, 3.8) is 0 Å². The van der Waals surface area contributed by atoms with Crippen molar-refractivity contribution in [2.24, 2.45) is 0 Å². The van der Waals surface area contributed by atoms with Crippen molar-refractivity contribution in [3.05, 3.63) is 0 Å². The van der Waals surface area contributed by atoms with Crippen molar-refractivity contribution in [1.82, 2.24) is 0 Å². The first-order chi connectivity index (χ1) is 6.91. The maximum absolute atomic E-state index is 4.99. The molecule has 0 aliphatic carbocycles. The van der Waals surface area contributed by atoms with Crippen LogP contribution in [0.5, 0.6) is 0 Å². The standard InChI is InChI=1S/C12H26OS/c1-3-4-5-6-7-8-9-11-14-12-10-13-2/h3-12H2,1-2H3. The van der Waals surface area contributed by atoms with E-state index in [1.807, 2.05) is 11.8 Å². The van der Waals surface area contributed by atoms with Gasteiger partial charge >= 0.3 is 0 Å². The third-order valence-electron chi connectivity index (χ3n) is 2.32. The van der Waals surface area contributed by atoms with Gasteiger partial charge in [0.1, 0.15) is 0 Å². The molecule has 0 atom stereocenters. The molecule has 0 rings (SSSR count). The van der Waals surface area contributed by atoms with E-state index in [1.54, 1.807) is 7.11 Å². The van der Waals surface area contributed by atoms with Crippen LogP contribution in [0.15, 0.2) is 0 Å². The molecule has 0 aromatic carbocycles. The van der Waals surface area contributed by atoms with Crippen LogP contribution in [0, 0.1) is 0 Å². The molecule has 0 aliphatic rings. The minimum Gasteiger partial charge on any atom is -0.384 e. The van der Waals surface area contributed by atoms with Gasteiger partial charge in [0.15, 0.2) is 0 Å². The molecular formula is C12H26OS. The monoisotopic (exact) mass is 218 g/mol. The van der Waals surface area contributed by atoms with E-state index < -0.39 is 0 Å². The molecule has 0 radical (unpaired) electrons. The van der Waals surface area contributed by atoms with Gasteiger partial charge < -0.3 is 4.74 Å². The summed E-state index contributed by atoms with van der Waals surface area (Å²) in [6.07, 6.45) is 9.90. The second-order valence-corrected chi connectivity index (χ2v) is 4.95. The van der Waals surface area contributed by atoms with Crippen LogP contribution in [0.4, 0.5) is 0 Å². The quantitative estimate of drug-likeness (QED) is 0.483. The first-order valence-electron chi connectivity index (χ1n) is 5.98. The van der Waals surface area contributed by atoms with Crippen LogP contribution in [0.3, 0.4) is 0 Å². The molecule has 14 heavy (non-hydrogen) atoms. The molecule has 86 valence electrons. The number of methoxy groups -OCH3 is 1. The van der Waals surface area contributed by atoms with Gasteiger partial charge in [-0.25, -0.2) is 0 Å². The molecule has 0 unspecified atom stereocenters. The molecular weight excluding hydrogens is 192 g/mol. The van der Waals surface area contributed by atoms with Crippen molar-refractivity contribution in [2.45, 2.75) is 51.9 Å². The second kappa shape index (κ2) is 13.3. The Morgan fingerprint density at radius 3 is 2.14 bits per heavy atom. The Labute approximate surface area is 94.0 Å². The van der Waals surface area contributed by atoms with Crippen LogP contribution in [0.2, 0.25) is 0 Å². The molecule has 0 aliphatic heterocycles. The highest BCUT2D eigenvalue weighted by Gasteiger charge is 1.91. The molecule has 0 heterocycles. The summed E-state index contributed by atoms with van der Waals surface area (Å²) in [6, 6.07) is 0. The highest BCUT2D eigenvalue weighted by atomic mass is 32.2. The highest BCUT2D eigenvalue weighted by molar-refractivity contribution is 7.99. The number of thioether (sulfide) groups is 1. The van der Waals surface area contributed by atoms with E-state index in [0.717, 1.165) is 12.4 Å². The molecule has 0 saturated carbocycles. The lowest BCUT2D eigenvalue weighted by Gasteiger charge is -2.01. The average Bonchev–Trinajstić information content (AvgIpc) is 2.21. The van der Waals surface area contributed by atoms with Gasteiger partial charge in [-0.2, -0.15) is 11.8 Å². The second-order valence-electron chi connectivity index (χ2n) is 3.73. The summed E-state index contributed by atoms with van der Waals surface area (Å²) in [7, 11) is 1.77. The Morgan fingerprint density at radius 2 is 1.50 bits per heavy atom. The Hall–Kier alpha value is 0.310. The zero-order valence-corrected chi connectivity index (χ0v) is 10.7. The Bertz CT molecular complexity index is 84.3. The van der Waals surface area contributed by atoms with Crippen molar-refractivity contribution in [2.75, 3.05) is 25.2 Å². The summed E-state index contributed by atoms with van der Waals surface area (Å²) >= 11 is 2.02. The molecule has 0 amide bonds. The number of hydrogen-bond acceptors (Lipinski definition) is 2. The van der Waals surface area contributed by atoms with Gasteiger partial charge in [-0.3, -0.25) is 0 Å². The van der Waals surface area contributed by atoms with Crippen LogP contribution >= 0.6 is 11.8 Å². The molecule has 0 saturated heterocycles. The minimum atomic E-state index is 0.904. The molecule has 0 fully saturated rings. The van der Waals surface area contributed by atoms with E-state index in [1.165, 1.54) is 50.7 Å². The van der Waals surface area contributed by atoms with E-state index >= 15 is 0 Å². The first-order valence-corrected chi connectivity index (χ1v) is 7.14. The zero-order chi connectivity index (χ0) is 10.5. The molecule has 0 bridgehead atoms. The number of ether oxygens (including phenoxy) is 1. The minimum absolute atomic E-state index is 0.904. The Balaban J connectivity index is 2.78. The lowest BCUT2D eigenvalue weighted by Crippen LogP contribution is -1.92. The van der Waals surface area contributed by atoms with Crippen molar-refractivity contribution >= 4 is 11.8 Å². The normalized spacial score (nSPS) is 10.7. The van der Waals surface area contributed by atoms with Crippen LogP contribution in [0.25, 0.3) is 0 Å². The number of hydrogen-bond donors (Lipinski definition) is 0. The van der Waals surface area contributed by atoms with Gasteiger partial charge in [-0.1, -0.05) is 45.4 Å². The maximum Gasteiger partial charge on any atom is 0.0552 e. The zero-order valence-electron chi connectivity index (χ0n) is 9.89. The Morgan fingerprint density at radius 1 is 0.857 bits per heavy atom. The topological polar surface area (TPSA) is 9.23 Å². The van der Waals surface area contributed by atoms with Crippen LogP contribution < -0.4 is 0 Å². The van der Waals surface area contributed by atoms with E-state index in [2.05, 4.69) is 6.92 Å². The number of rotatable bonds is 11. The van der Waals surface area contributed by atoms with E-state index in [9.17, 15) is 0 Å². The largest absolute Gasteiger partial charge is 0.384 e. The SMILES string of the molecule is CCCCCCCCCSCCOC. The van der Waals surface area contributed by atoms with Crippen molar-refractivity contribution in [1.29, 1.82) is 0 Å². The summed E-state index contributed by atoms with van der Waals surface area (Å²) in [5.74, 6) is 2.48. The highest BCUT2D eigenvalue weighted by Crippen LogP contribution is 2.10. The lowest BCUT2D eigenvalue weighted by atomic mass is 10.1. The van der Waals surface area contributed by atoms with Crippen molar-refractivity contribution in [3.8, 4) is 0 Å². The fourth-order valence-corrected chi connectivity index (χ4v) is 2.30. The van der Waals surface area contributed by atoms with E-state index in [4.69, 9.17) is 4.74 Å². The van der Waals surface area contributed by atoms with Gasteiger partial charge in [-0.05, 0) is 12.2 Å². The van der Waals surface area contributed by atoms with Gasteiger partial charge in [0.2, 0.25) is 0 Å². The molecule has 0 aromatic heterocycles. The van der Waals surface area contributed by atoms with Crippen LogP contribution in [-0.2, 0) is 4.74 Å². The average molecular weight is 218 g/mol. The fraction of sp³-hybridized carbons (Fsp3) is 1.00. The molecule has 0 spiro atoms. The third-order valence-corrected chi connectivity index (χ3v) is 3.36.